The predicted molar refractivity (Wildman–Crippen MR) is 80.0 cm³/mol. The Morgan fingerprint density at radius 1 is 1.28 bits per heavy atom. The molecule has 0 bridgehead atoms. The van der Waals surface area contributed by atoms with Gasteiger partial charge in [-0.05, 0) is 32.0 Å². The van der Waals surface area contributed by atoms with E-state index in [9.17, 15) is 0 Å². The van der Waals surface area contributed by atoms with Gasteiger partial charge in [0, 0.05) is 25.7 Å². The van der Waals surface area contributed by atoms with E-state index in [0.29, 0.717) is 16.1 Å². The number of rotatable bonds is 3. The minimum atomic E-state index is 0.473. The van der Waals surface area contributed by atoms with E-state index >= 15 is 0 Å². The molecule has 0 spiro atoms. The van der Waals surface area contributed by atoms with Crippen LogP contribution in [-0.2, 0) is 0 Å². The standard InChI is InChI=1S/C14H20Cl2N2/c1-3-7-17-8-9-18(11(2)10-17)13-6-4-5-12(15)14(13)16/h4-6,11H,3,7-10H2,1-2H3/t11-/m1/s1. The Morgan fingerprint density at radius 3 is 2.72 bits per heavy atom. The van der Waals surface area contributed by atoms with Crippen molar-refractivity contribution in [2.24, 2.45) is 0 Å². The van der Waals surface area contributed by atoms with Crippen LogP contribution in [0, 0.1) is 0 Å². The first-order valence-corrected chi connectivity index (χ1v) is 7.32. The smallest absolute Gasteiger partial charge is 0.0825 e. The van der Waals surface area contributed by atoms with Gasteiger partial charge in [-0.1, -0.05) is 36.2 Å². The summed E-state index contributed by atoms with van der Waals surface area (Å²) in [5.74, 6) is 0. The number of benzene rings is 1. The van der Waals surface area contributed by atoms with Crippen molar-refractivity contribution in [3.63, 3.8) is 0 Å². The maximum Gasteiger partial charge on any atom is 0.0825 e. The molecule has 2 rings (SSSR count). The van der Waals surface area contributed by atoms with Crippen LogP contribution < -0.4 is 4.90 Å². The van der Waals surface area contributed by atoms with E-state index in [1.807, 2.05) is 12.1 Å². The lowest BCUT2D eigenvalue weighted by molar-refractivity contribution is 0.229. The van der Waals surface area contributed by atoms with Crippen LogP contribution in [0.2, 0.25) is 10.0 Å². The number of halogens is 2. The maximum atomic E-state index is 6.30. The summed E-state index contributed by atoms with van der Waals surface area (Å²) < 4.78 is 0. The Bertz CT molecular complexity index is 409. The Morgan fingerprint density at radius 2 is 2.06 bits per heavy atom. The van der Waals surface area contributed by atoms with Gasteiger partial charge in [-0.15, -0.1) is 0 Å². The van der Waals surface area contributed by atoms with Crippen molar-refractivity contribution in [1.82, 2.24) is 4.90 Å². The second-order valence-corrected chi connectivity index (χ2v) is 5.70. The molecule has 4 heteroatoms. The van der Waals surface area contributed by atoms with E-state index in [1.54, 1.807) is 0 Å². The van der Waals surface area contributed by atoms with Crippen molar-refractivity contribution in [3.05, 3.63) is 28.2 Å². The minimum Gasteiger partial charge on any atom is -0.365 e. The summed E-state index contributed by atoms with van der Waals surface area (Å²) in [5.41, 5.74) is 1.06. The monoisotopic (exact) mass is 286 g/mol. The van der Waals surface area contributed by atoms with E-state index in [4.69, 9.17) is 23.2 Å². The number of anilines is 1. The van der Waals surface area contributed by atoms with Crippen molar-refractivity contribution < 1.29 is 0 Å². The number of nitrogens with zero attached hydrogens (tertiary/aromatic N) is 2. The molecule has 1 aliphatic heterocycles. The van der Waals surface area contributed by atoms with E-state index < -0.39 is 0 Å². The first-order valence-electron chi connectivity index (χ1n) is 6.56. The highest BCUT2D eigenvalue weighted by Gasteiger charge is 2.25. The number of piperazine rings is 1. The molecule has 1 aliphatic rings. The van der Waals surface area contributed by atoms with Crippen LogP contribution in [0.5, 0.6) is 0 Å². The summed E-state index contributed by atoms with van der Waals surface area (Å²) in [6.07, 6.45) is 1.21. The third-order valence-corrected chi connectivity index (χ3v) is 4.30. The van der Waals surface area contributed by atoms with Gasteiger partial charge in [0.2, 0.25) is 0 Å². The van der Waals surface area contributed by atoms with Gasteiger partial charge in [0.15, 0.2) is 0 Å². The van der Waals surface area contributed by atoms with Crippen molar-refractivity contribution >= 4 is 28.9 Å². The van der Waals surface area contributed by atoms with E-state index in [0.717, 1.165) is 25.3 Å². The Kier molecular flexibility index (Phi) is 4.77. The highest BCUT2D eigenvalue weighted by Crippen LogP contribution is 2.34. The molecule has 0 unspecified atom stereocenters. The molecule has 1 atom stereocenters. The second kappa shape index (κ2) is 6.14. The molecule has 1 aromatic rings. The lowest BCUT2D eigenvalue weighted by Gasteiger charge is -2.41. The van der Waals surface area contributed by atoms with Gasteiger partial charge in [0.05, 0.1) is 15.7 Å². The molecule has 100 valence electrons. The average Bonchev–Trinajstić information content (AvgIpc) is 2.34. The Balaban J connectivity index is 2.13. The van der Waals surface area contributed by atoms with Crippen molar-refractivity contribution in [3.8, 4) is 0 Å². The van der Waals surface area contributed by atoms with Crippen LogP contribution in [-0.4, -0.2) is 37.1 Å². The third-order valence-electron chi connectivity index (χ3n) is 3.49. The average molecular weight is 287 g/mol. The molecule has 0 aliphatic carbocycles. The summed E-state index contributed by atoms with van der Waals surface area (Å²) in [4.78, 5) is 4.87. The molecule has 0 N–H and O–H groups in total. The predicted octanol–water partition coefficient (Wildman–Crippen LogP) is 3.91. The largest absolute Gasteiger partial charge is 0.365 e. The fourth-order valence-electron chi connectivity index (χ4n) is 2.62. The number of hydrogen-bond donors (Lipinski definition) is 0. The zero-order valence-corrected chi connectivity index (χ0v) is 12.5. The highest BCUT2D eigenvalue weighted by molar-refractivity contribution is 6.43. The molecule has 1 aromatic carbocycles. The topological polar surface area (TPSA) is 6.48 Å². The third kappa shape index (κ3) is 2.93. The van der Waals surface area contributed by atoms with E-state index in [1.165, 1.54) is 13.0 Å². The van der Waals surface area contributed by atoms with Gasteiger partial charge in [0.25, 0.3) is 0 Å². The number of hydrogen-bond acceptors (Lipinski definition) is 2. The molecular formula is C14H20Cl2N2. The molecule has 18 heavy (non-hydrogen) atoms. The molecule has 1 saturated heterocycles. The van der Waals surface area contributed by atoms with Crippen LogP contribution in [0.1, 0.15) is 20.3 Å². The second-order valence-electron chi connectivity index (χ2n) is 4.92. The van der Waals surface area contributed by atoms with Gasteiger partial charge >= 0.3 is 0 Å². The summed E-state index contributed by atoms with van der Waals surface area (Å²) in [6.45, 7) is 8.87. The minimum absolute atomic E-state index is 0.473. The molecule has 2 nitrogen and oxygen atoms in total. The van der Waals surface area contributed by atoms with Gasteiger partial charge < -0.3 is 4.90 Å². The summed E-state index contributed by atoms with van der Waals surface area (Å²) in [5, 5.41) is 1.31. The molecule has 0 amide bonds. The van der Waals surface area contributed by atoms with Crippen molar-refractivity contribution in [2.75, 3.05) is 31.1 Å². The van der Waals surface area contributed by atoms with Gasteiger partial charge in [-0.3, -0.25) is 4.90 Å². The zero-order chi connectivity index (χ0) is 13.1. The molecule has 0 aromatic heterocycles. The fraction of sp³-hybridized carbons (Fsp3) is 0.571. The van der Waals surface area contributed by atoms with Gasteiger partial charge in [0.1, 0.15) is 0 Å². The first kappa shape index (κ1) is 14.0. The quantitative estimate of drug-likeness (QED) is 0.831. The molecule has 0 saturated carbocycles. The summed E-state index contributed by atoms with van der Waals surface area (Å²) in [7, 11) is 0. The normalized spacial score (nSPS) is 21.3. The van der Waals surface area contributed by atoms with Crippen LogP contribution in [0.25, 0.3) is 0 Å². The fourth-order valence-corrected chi connectivity index (χ4v) is 3.03. The summed E-state index contributed by atoms with van der Waals surface area (Å²) in [6, 6.07) is 6.33. The van der Waals surface area contributed by atoms with Crippen LogP contribution in [0.4, 0.5) is 5.69 Å². The SMILES string of the molecule is CCCN1CCN(c2cccc(Cl)c2Cl)[C@H](C)C1. The summed E-state index contributed by atoms with van der Waals surface area (Å²) >= 11 is 12.4. The van der Waals surface area contributed by atoms with Crippen molar-refractivity contribution in [1.29, 1.82) is 0 Å². The van der Waals surface area contributed by atoms with Crippen LogP contribution >= 0.6 is 23.2 Å². The van der Waals surface area contributed by atoms with Crippen LogP contribution in [0.3, 0.4) is 0 Å². The first-order chi connectivity index (χ1) is 8.63. The van der Waals surface area contributed by atoms with E-state index in [-0.39, 0.29) is 0 Å². The lowest BCUT2D eigenvalue weighted by Crippen LogP contribution is -2.52. The van der Waals surface area contributed by atoms with Crippen LogP contribution in [0.15, 0.2) is 18.2 Å². The van der Waals surface area contributed by atoms with Gasteiger partial charge in [-0.25, -0.2) is 0 Å². The van der Waals surface area contributed by atoms with E-state index in [2.05, 4.69) is 29.7 Å². The molecule has 1 fully saturated rings. The maximum absolute atomic E-state index is 6.30. The van der Waals surface area contributed by atoms with Crippen molar-refractivity contribution in [2.45, 2.75) is 26.3 Å². The Labute approximate surface area is 119 Å². The Hall–Kier alpha value is -0.440. The highest BCUT2D eigenvalue weighted by atomic mass is 35.5. The zero-order valence-electron chi connectivity index (χ0n) is 11.0. The molecular weight excluding hydrogens is 267 g/mol. The molecule has 1 heterocycles. The molecule has 0 radical (unpaired) electrons. The van der Waals surface area contributed by atoms with Gasteiger partial charge in [-0.2, -0.15) is 0 Å². The lowest BCUT2D eigenvalue weighted by atomic mass is 10.1.